The zero-order chi connectivity index (χ0) is 33.0. The molecule has 0 N–H and O–H groups in total. The van der Waals surface area contributed by atoms with Gasteiger partial charge in [0.15, 0.2) is 0 Å². The second kappa shape index (κ2) is 12.3. The van der Waals surface area contributed by atoms with E-state index >= 15 is 0 Å². The van der Waals surface area contributed by atoms with Gasteiger partial charge in [-0.25, -0.2) is 0 Å². The van der Waals surface area contributed by atoms with Gasteiger partial charge in [0.05, 0.1) is 0 Å². The van der Waals surface area contributed by atoms with E-state index in [1.807, 2.05) is 0 Å². The van der Waals surface area contributed by atoms with Gasteiger partial charge in [0.25, 0.3) is 0 Å². The highest BCUT2D eigenvalue weighted by atomic mass is 14.4. The van der Waals surface area contributed by atoms with Crippen molar-refractivity contribution in [2.45, 2.75) is 44.4 Å². The Labute approximate surface area is 296 Å². The van der Waals surface area contributed by atoms with Crippen LogP contribution in [0.2, 0.25) is 0 Å². The van der Waals surface area contributed by atoms with E-state index < -0.39 is 0 Å². The number of benzene rings is 4. The minimum Gasteiger partial charge on any atom is -0.0842 e. The molecule has 0 saturated heterocycles. The maximum Gasteiger partial charge on any atom is 0.00678 e. The molecule has 4 atom stereocenters. The van der Waals surface area contributed by atoms with Crippen molar-refractivity contribution in [1.82, 2.24) is 0 Å². The number of hydrogen-bond acceptors (Lipinski definition) is 0. The van der Waals surface area contributed by atoms with Gasteiger partial charge in [0.1, 0.15) is 0 Å². The largest absolute Gasteiger partial charge is 0.0842 e. The van der Waals surface area contributed by atoms with Crippen molar-refractivity contribution in [2.24, 2.45) is 17.8 Å². The Morgan fingerprint density at radius 2 is 1.26 bits per heavy atom. The SMILES string of the molecule is C1=CC2=CC=C3C=C4C=C(c5c6c(c(C7=CC(c8ccccc8)=CC(c8ccccc8)C7)c7ccccc57)=CCCC=6)C=CC4CC3C2CC1. The molecule has 6 aliphatic rings. The van der Waals surface area contributed by atoms with Crippen LogP contribution in [0.5, 0.6) is 0 Å². The molecule has 0 nitrogen and oxygen atoms in total. The van der Waals surface area contributed by atoms with E-state index in [0.29, 0.717) is 23.7 Å². The summed E-state index contributed by atoms with van der Waals surface area (Å²) in [7, 11) is 0. The molecule has 242 valence electrons. The van der Waals surface area contributed by atoms with E-state index in [2.05, 4.69) is 158 Å². The summed E-state index contributed by atoms with van der Waals surface area (Å²) >= 11 is 0. The minimum absolute atomic E-state index is 0.320. The van der Waals surface area contributed by atoms with Gasteiger partial charge in [-0.3, -0.25) is 0 Å². The average molecular weight is 643 g/mol. The van der Waals surface area contributed by atoms with Gasteiger partial charge in [-0.1, -0.05) is 158 Å². The summed E-state index contributed by atoms with van der Waals surface area (Å²) in [4.78, 5) is 0. The first-order valence-corrected chi connectivity index (χ1v) is 18.8. The fraction of sp³-hybridized carbons (Fsp3) is 0.200. The molecule has 0 heterocycles. The molecule has 4 unspecified atom stereocenters. The van der Waals surface area contributed by atoms with Crippen molar-refractivity contribution < 1.29 is 0 Å². The number of hydrogen-bond donors (Lipinski definition) is 0. The Morgan fingerprint density at radius 3 is 2.08 bits per heavy atom. The van der Waals surface area contributed by atoms with Crippen molar-refractivity contribution in [3.8, 4) is 0 Å². The molecule has 0 spiro atoms. The third-order valence-electron chi connectivity index (χ3n) is 12.1. The number of allylic oxidation sites excluding steroid dienone is 16. The second-order valence-electron chi connectivity index (χ2n) is 15.0. The molecule has 0 heteroatoms. The lowest BCUT2D eigenvalue weighted by Crippen LogP contribution is -2.34. The van der Waals surface area contributed by atoms with Crippen LogP contribution in [-0.2, 0) is 0 Å². The van der Waals surface area contributed by atoms with Crippen molar-refractivity contribution >= 4 is 39.6 Å². The molecule has 0 fully saturated rings. The van der Waals surface area contributed by atoms with E-state index in [0.717, 1.165) is 19.3 Å². The summed E-state index contributed by atoms with van der Waals surface area (Å²) in [6.07, 6.45) is 36.5. The van der Waals surface area contributed by atoms with Crippen LogP contribution in [0.25, 0.3) is 39.6 Å². The van der Waals surface area contributed by atoms with E-state index in [-0.39, 0.29) is 0 Å². The predicted molar refractivity (Wildman–Crippen MR) is 212 cm³/mol. The predicted octanol–water partition coefficient (Wildman–Crippen LogP) is 11.2. The third kappa shape index (κ3) is 5.04. The Morgan fingerprint density at radius 1 is 0.540 bits per heavy atom. The maximum atomic E-state index is 2.54. The summed E-state index contributed by atoms with van der Waals surface area (Å²) in [6, 6.07) is 31.3. The van der Waals surface area contributed by atoms with Gasteiger partial charge in [-0.2, -0.15) is 0 Å². The molecule has 4 aromatic carbocycles. The molecule has 0 aliphatic heterocycles. The fourth-order valence-corrected chi connectivity index (χ4v) is 9.77. The van der Waals surface area contributed by atoms with Crippen LogP contribution in [-0.4, -0.2) is 0 Å². The minimum atomic E-state index is 0.320. The van der Waals surface area contributed by atoms with Crippen LogP contribution in [0.4, 0.5) is 0 Å². The lowest BCUT2D eigenvalue weighted by atomic mass is 9.65. The van der Waals surface area contributed by atoms with E-state index in [4.69, 9.17) is 0 Å². The number of fused-ring (bicyclic) bond motifs is 6. The van der Waals surface area contributed by atoms with Gasteiger partial charge in [-0.15, -0.1) is 0 Å². The third-order valence-corrected chi connectivity index (χ3v) is 12.1. The maximum absolute atomic E-state index is 2.54. The molecule has 10 rings (SSSR count). The first kappa shape index (κ1) is 29.7. The molecular weight excluding hydrogens is 601 g/mol. The van der Waals surface area contributed by atoms with Crippen molar-refractivity contribution in [1.29, 1.82) is 0 Å². The Balaban J connectivity index is 1.14. The normalized spacial score (nSPS) is 24.8. The summed E-state index contributed by atoms with van der Waals surface area (Å²) in [5.41, 5.74) is 14.2. The van der Waals surface area contributed by atoms with Crippen LogP contribution >= 0.6 is 0 Å². The van der Waals surface area contributed by atoms with Gasteiger partial charge >= 0.3 is 0 Å². The highest BCUT2D eigenvalue weighted by molar-refractivity contribution is 6.04. The molecule has 4 aromatic rings. The van der Waals surface area contributed by atoms with Crippen LogP contribution < -0.4 is 10.4 Å². The van der Waals surface area contributed by atoms with Crippen LogP contribution in [0.1, 0.15) is 66.7 Å². The summed E-state index contributed by atoms with van der Waals surface area (Å²) in [5, 5.41) is 5.57. The van der Waals surface area contributed by atoms with E-state index in [1.54, 1.807) is 0 Å². The van der Waals surface area contributed by atoms with Crippen molar-refractivity contribution in [3.63, 3.8) is 0 Å². The summed E-state index contributed by atoms with van der Waals surface area (Å²) < 4.78 is 0. The Kier molecular flexibility index (Phi) is 7.30. The van der Waals surface area contributed by atoms with Gasteiger partial charge in [0, 0.05) is 11.8 Å². The quantitative estimate of drug-likeness (QED) is 0.208. The van der Waals surface area contributed by atoms with Gasteiger partial charge < -0.3 is 0 Å². The second-order valence-corrected chi connectivity index (χ2v) is 15.0. The van der Waals surface area contributed by atoms with E-state index in [9.17, 15) is 0 Å². The van der Waals surface area contributed by atoms with Crippen LogP contribution in [0.15, 0.2) is 162 Å². The van der Waals surface area contributed by atoms with Gasteiger partial charge in [0.2, 0.25) is 0 Å². The lowest BCUT2D eigenvalue weighted by molar-refractivity contribution is 0.354. The molecule has 0 aromatic heterocycles. The molecular formula is C50H42. The smallest absolute Gasteiger partial charge is 0.00678 e. The summed E-state index contributed by atoms with van der Waals surface area (Å²) in [6.45, 7) is 0. The molecule has 0 bridgehead atoms. The fourth-order valence-electron chi connectivity index (χ4n) is 9.77. The lowest BCUT2D eigenvalue weighted by Gasteiger charge is -2.39. The Hall–Kier alpha value is -5.20. The van der Waals surface area contributed by atoms with Crippen molar-refractivity contribution in [3.05, 3.63) is 195 Å². The molecule has 6 aliphatic carbocycles. The highest BCUT2D eigenvalue weighted by Crippen LogP contribution is 2.48. The topological polar surface area (TPSA) is 0 Å². The zero-order valence-corrected chi connectivity index (χ0v) is 28.6. The zero-order valence-electron chi connectivity index (χ0n) is 28.6. The standard InChI is InChI=1S/C50H42/c1-3-13-33(14-4-1)39-29-40(34-15-5-2-6-16-34)31-42(30-39)50-46-21-11-9-19-44(46)49(45-20-10-12-22-47(45)50)38-26-24-36-32-48-37(27-41(36)28-38)25-23-35-17-7-8-18-43(35)48/h1-7,9,11,13-17,19-30,36,40,43,48H,8,10,12,18,31-32H2. The van der Waals surface area contributed by atoms with Crippen molar-refractivity contribution in [2.75, 3.05) is 0 Å². The number of rotatable bonds is 4. The average Bonchev–Trinajstić information content (AvgIpc) is 3.19. The Bertz CT molecular complexity index is 2420. The molecule has 50 heavy (non-hydrogen) atoms. The van der Waals surface area contributed by atoms with E-state index in [1.165, 1.54) is 96.2 Å². The van der Waals surface area contributed by atoms with Gasteiger partial charge in [-0.05, 0) is 127 Å². The molecule has 0 saturated carbocycles. The first-order chi connectivity index (χ1) is 24.8. The first-order valence-electron chi connectivity index (χ1n) is 18.8. The molecule has 0 amide bonds. The van der Waals surface area contributed by atoms with Crippen LogP contribution in [0, 0.1) is 17.8 Å². The molecule has 0 radical (unpaired) electrons. The highest BCUT2D eigenvalue weighted by Gasteiger charge is 2.35. The monoisotopic (exact) mass is 642 g/mol. The summed E-state index contributed by atoms with van der Waals surface area (Å²) in [5.74, 6) is 2.13. The van der Waals surface area contributed by atoms with Crippen LogP contribution in [0.3, 0.4) is 0 Å².